The van der Waals surface area contributed by atoms with E-state index in [1.807, 2.05) is 16.7 Å². The van der Waals surface area contributed by atoms with E-state index >= 15 is 0 Å². The van der Waals surface area contributed by atoms with Crippen molar-refractivity contribution in [1.82, 2.24) is 14.8 Å². The molecule has 2 aliphatic heterocycles. The lowest BCUT2D eigenvalue weighted by atomic mass is 10.0. The average Bonchev–Trinajstić information content (AvgIpc) is 3.13. The van der Waals surface area contributed by atoms with E-state index in [-0.39, 0.29) is 23.8 Å². The lowest BCUT2D eigenvalue weighted by molar-refractivity contribution is -0.134. The molecule has 0 aromatic carbocycles. The summed E-state index contributed by atoms with van der Waals surface area (Å²) >= 11 is 1.56. The highest BCUT2D eigenvalue weighted by atomic mass is 32.1. The number of carbonyl (C=O) groups excluding carboxylic acids is 2. The van der Waals surface area contributed by atoms with Crippen LogP contribution in [0, 0.1) is 12.8 Å². The molecular formula is C16H22FN3O2S. The molecule has 126 valence electrons. The van der Waals surface area contributed by atoms with Crippen molar-refractivity contribution >= 4 is 23.2 Å². The van der Waals surface area contributed by atoms with E-state index in [1.165, 1.54) is 0 Å². The first-order chi connectivity index (χ1) is 11.1. The summed E-state index contributed by atoms with van der Waals surface area (Å²) in [7, 11) is 0. The van der Waals surface area contributed by atoms with Crippen molar-refractivity contribution in [3.05, 3.63) is 16.1 Å². The van der Waals surface area contributed by atoms with Gasteiger partial charge in [-0.25, -0.2) is 4.98 Å². The molecule has 0 saturated carbocycles. The van der Waals surface area contributed by atoms with Crippen LogP contribution in [0.3, 0.4) is 0 Å². The highest BCUT2D eigenvalue weighted by Gasteiger charge is 2.36. The van der Waals surface area contributed by atoms with Gasteiger partial charge >= 0.3 is 0 Å². The summed E-state index contributed by atoms with van der Waals surface area (Å²) in [6.45, 7) is 3.39. The van der Waals surface area contributed by atoms with Crippen LogP contribution in [0.15, 0.2) is 6.20 Å². The van der Waals surface area contributed by atoms with E-state index in [9.17, 15) is 14.0 Å². The zero-order valence-electron chi connectivity index (χ0n) is 13.3. The van der Waals surface area contributed by atoms with Crippen LogP contribution in [0.25, 0.3) is 0 Å². The van der Waals surface area contributed by atoms with Crippen LogP contribution in [0.4, 0.5) is 4.39 Å². The number of thiazole rings is 1. The summed E-state index contributed by atoms with van der Waals surface area (Å²) in [4.78, 5) is 33.2. The van der Waals surface area contributed by atoms with E-state index in [2.05, 4.69) is 4.98 Å². The molecule has 23 heavy (non-hydrogen) atoms. The molecule has 0 radical (unpaired) electrons. The number of rotatable bonds is 4. The van der Waals surface area contributed by atoms with Crippen LogP contribution < -0.4 is 0 Å². The first kappa shape index (κ1) is 16.4. The lowest BCUT2D eigenvalue weighted by Gasteiger charge is -2.36. The number of amides is 2. The summed E-state index contributed by atoms with van der Waals surface area (Å²) in [5.41, 5.74) is 0. The highest BCUT2D eigenvalue weighted by Crippen LogP contribution is 2.26. The Bertz CT molecular complexity index is 584. The van der Waals surface area contributed by atoms with Gasteiger partial charge in [0.2, 0.25) is 11.8 Å². The molecular weight excluding hydrogens is 317 g/mol. The molecule has 0 spiro atoms. The summed E-state index contributed by atoms with van der Waals surface area (Å²) in [5, 5.41) is 0.974. The minimum Gasteiger partial charge on any atom is -0.342 e. The fourth-order valence-corrected chi connectivity index (χ4v) is 4.23. The Balaban J connectivity index is 1.50. The van der Waals surface area contributed by atoms with Crippen molar-refractivity contribution in [1.29, 1.82) is 0 Å². The Kier molecular flexibility index (Phi) is 4.94. The van der Waals surface area contributed by atoms with Crippen molar-refractivity contribution in [3.63, 3.8) is 0 Å². The summed E-state index contributed by atoms with van der Waals surface area (Å²) in [6, 6.07) is 0.161. The molecule has 2 saturated heterocycles. The van der Waals surface area contributed by atoms with Crippen LogP contribution in [-0.2, 0) is 16.0 Å². The molecule has 1 aromatic rings. The van der Waals surface area contributed by atoms with E-state index < -0.39 is 6.67 Å². The Morgan fingerprint density at radius 2 is 2.17 bits per heavy atom. The molecule has 0 N–H and O–H groups in total. The fraction of sp³-hybridized carbons (Fsp3) is 0.688. The number of hydrogen-bond donors (Lipinski definition) is 0. The molecule has 5 nitrogen and oxygen atoms in total. The second kappa shape index (κ2) is 6.95. The molecule has 0 bridgehead atoms. The third-order valence-electron chi connectivity index (χ3n) is 4.71. The molecule has 2 aliphatic rings. The number of aryl methyl sites for hydroxylation is 1. The maximum atomic E-state index is 12.8. The number of aromatic nitrogens is 1. The van der Waals surface area contributed by atoms with Crippen LogP contribution in [0.5, 0.6) is 0 Å². The summed E-state index contributed by atoms with van der Waals surface area (Å²) < 4.78 is 12.8. The van der Waals surface area contributed by atoms with Crippen LogP contribution in [0.2, 0.25) is 0 Å². The highest BCUT2D eigenvalue weighted by molar-refractivity contribution is 7.11. The topological polar surface area (TPSA) is 53.5 Å². The van der Waals surface area contributed by atoms with Gasteiger partial charge in [-0.2, -0.15) is 0 Å². The predicted octanol–water partition coefficient (Wildman–Crippen LogP) is 1.80. The van der Waals surface area contributed by atoms with Crippen molar-refractivity contribution in [2.75, 3.05) is 26.3 Å². The summed E-state index contributed by atoms with van der Waals surface area (Å²) in [5.74, 6) is 0.0516. The Labute approximate surface area is 139 Å². The Morgan fingerprint density at radius 1 is 1.43 bits per heavy atom. The monoisotopic (exact) mass is 339 g/mol. The quantitative estimate of drug-likeness (QED) is 0.841. The van der Waals surface area contributed by atoms with Crippen molar-refractivity contribution in [2.45, 2.75) is 38.6 Å². The lowest BCUT2D eigenvalue weighted by Crippen LogP contribution is -2.47. The minimum absolute atomic E-state index is 0.0672. The first-order valence-electron chi connectivity index (χ1n) is 8.11. The van der Waals surface area contributed by atoms with Gasteiger partial charge in [-0.05, 0) is 19.8 Å². The predicted molar refractivity (Wildman–Crippen MR) is 86.0 cm³/mol. The van der Waals surface area contributed by atoms with Crippen molar-refractivity contribution in [2.24, 2.45) is 5.92 Å². The normalized spacial score (nSPS) is 22.9. The largest absolute Gasteiger partial charge is 0.342 e. The fourth-order valence-electron chi connectivity index (χ4n) is 3.44. The molecule has 3 heterocycles. The number of carbonyl (C=O) groups is 2. The zero-order chi connectivity index (χ0) is 16.4. The van der Waals surface area contributed by atoms with Crippen LogP contribution >= 0.6 is 11.3 Å². The SMILES string of the molecule is Cc1ncc(CC(=O)N2CCC(N3CC(CF)CC3=O)CC2)s1. The first-order valence-corrected chi connectivity index (χ1v) is 8.93. The maximum Gasteiger partial charge on any atom is 0.227 e. The molecule has 1 atom stereocenters. The molecule has 2 amide bonds. The van der Waals surface area contributed by atoms with Gasteiger partial charge in [0.25, 0.3) is 0 Å². The van der Waals surface area contributed by atoms with Gasteiger partial charge in [-0.3, -0.25) is 14.0 Å². The second-order valence-corrected chi connectivity index (χ2v) is 7.72. The number of likely N-dealkylation sites (tertiary alicyclic amines) is 2. The average molecular weight is 339 g/mol. The van der Waals surface area contributed by atoms with Gasteiger partial charge in [-0.1, -0.05) is 0 Å². The molecule has 0 aliphatic carbocycles. The molecule has 1 aromatic heterocycles. The van der Waals surface area contributed by atoms with Crippen molar-refractivity contribution < 1.29 is 14.0 Å². The number of alkyl halides is 1. The third kappa shape index (κ3) is 3.71. The number of halogens is 1. The van der Waals surface area contributed by atoms with Gasteiger partial charge in [-0.15, -0.1) is 11.3 Å². The molecule has 2 fully saturated rings. The van der Waals surface area contributed by atoms with Crippen LogP contribution in [-0.4, -0.2) is 58.9 Å². The third-order valence-corrected chi connectivity index (χ3v) is 5.62. The molecule has 7 heteroatoms. The zero-order valence-corrected chi connectivity index (χ0v) is 14.1. The Morgan fingerprint density at radius 3 is 2.74 bits per heavy atom. The number of piperidine rings is 1. The van der Waals surface area contributed by atoms with Gasteiger partial charge in [0.15, 0.2) is 0 Å². The van der Waals surface area contributed by atoms with Gasteiger partial charge in [0, 0.05) is 49.1 Å². The van der Waals surface area contributed by atoms with Gasteiger partial charge in [0.1, 0.15) is 0 Å². The van der Waals surface area contributed by atoms with E-state index in [4.69, 9.17) is 0 Å². The van der Waals surface area contributed by atoms with Gasteiger partial charge < -0.3 is 9.80 Å². The smallest absolute Gasteiger partial charge is 0.227 e. The van der Waals surface area contributed by atoms with Crippen molar-refractivity contribution in [3.8, 4) is 0 Å². The van der Waals surface area contributed by atoms with E-state index in [0.29, 0.717) is 32.5 Å². The standard InChI is InChI=1S/C16H22FN3O2S/c1-11-18-9-14(23-11)7-15(21)19-4-2-13(3-5-19)20-10-12(8-17)6-16(20)22/h9,12-13H,2-8,10H2,1H3. The number of hydrogen-bond acceptors (Lipinski definition) is 4. The maximum absolute atomic E-state index is 12.8. The van der Waals surface area contributed by atoms with Gasteiger partial charge in [0.05, 0.1) is 18.1 Å². The van der Waals surface area contributed by atoms with E-state index in [0.717, 1.165) is 22.7 Å². The second-order valence-electron chi connectivity index (χ2n) is 6.40. The molecule has 3 rings (SSSR count). The summed E-state index contributed by atoms with van der Waals surface area (Å²) in [6.07, 6.45) is 4.09. The minimum atomic E-state index is -0.423. The van der Waals surface area contributed by atoms with Crippen LogP contribution in [0.1, 0.15) is 29.1 Å². The molecule has 1 unspecified atom stereocenters. The Hall–Kier alpha value is -1.50. The number of nitrogens with zero attached hydrogens (tertiary/aromatic N) is 3. The van der Waals surface area contributed by atoms with E-state index in [1.54, 1.807) is 17.5 Å².